The second-order valence-electron chi connectivity index (χ2n) is 6.19. The van der Waals surface area contributed by atoms with Crippen molar-refractivity contribution in [2.24, 2.45) is 4.99 Å². The summed E-state index contributed by atoms with van der Waals surface area (Å²) in [5.41, 5.74) is 1.20. The molecule has 0 saturated heterocycles. The van der Waals surface area contributed by atoms with Crippen LogP contribution in [-0.2, 0) is 16.1 Å². The summed E-state index contributed by atoms with van der Waals surface area (Å²) >= 11 is 1.34. The molecule has 0 N–H and O–H groups in total. The molecule has 7 nitrogen and oxygen atoms in total. The maximum atomic E-state index is 12.9. The van der Waals surface area contributed by atoms with E-state index in [1.807, 2.05) is 38.1 Å². The number of thiazole rings is 1. The lowest BCUT2D eigenvalue weighted by molar-refractivity contribution is -0.143. The van der Waals surface area contributed by atoms with E-state index in [9.17, 15) is 9.59 Å². The van der Waals surface area contributed by atoms with Gasteiger partial charge >= 0.3 is 5.97 Å². The zero-order valence-corrected chi connectivity index (χ0v) is 18.0. The van der Waals surface area contributed by atoms with Gasteiger partial charge in [-0.2, -0.15) is 4.99 Å². The second-order valence-corrected chi connectivity index (χ2v) is 7.20. The van der Waals surface area contributed by atoms with E-state index in [1.54, 1.807) is 29.7 Å². The van der Waals surface area contributed by atoms with E-state index in [0.29, 0.717) is 41.7 Å². The van der Waals surface area contributed by atoms with Gasteiger partial charge in [0.05, 0.1) is 30.0 Å². The van der Waals surface area contributed by atoms with Gasteiger partial charge in [0.1, 0.15) is 6.54 Å². The molecule has 1 aromatic heterocycles. The van der Waals surface area contributed by atoms with Gasteiger partial charge in [0.25, 0.3) is 5.91 Å². The van der Waals surface area contributed by atoms with Gasteiger partial charge in [-0.3, -0.25) is 9.59 Å². The minimum absolute atomic E-state index is 0.0164. The molecule has 0 spiro atoms. The Labute approximate surface area is 178 Å². The molecule has 0 aliphatic heterocycles. The minimum Gasteiger partial charge on any atom is -0.490 e. The van der Waals surface area contributed by atoms with Crippen molar-refractivity contribution >= 4 is 33.4 Å². The summed E-state index contributed by atoms with van der Waals surface area (Å²) in [7, 11) is 0. The number of fused-ring (bicyclic) bond motifs is 1. The Morgan fingerprint density at radius 3 is 2.43 bits per heavy atom. The molecule has 3 aromatic rings. The quantitative estimate of drug-likeness (QED) is 0.510. The highest BCUT2D eigenvalue weighted by Crippen LogP contribution is 2.29. The van der Waals surface area contributed by atoms with Crippen LogP contribution in [0.25, 0.3) is 10.2 Å². The Kier molecular flexibility index (Phi) is 7.24. The highest BCUT2D eigenvalue weighted by Gasteiger charge is 2.14. The van der Waals surface area contributed by atoms with Crippen molar-refractivity contribution in [3.05, 3.63) is 52.8 Å². The molecular formula is C22H24N2O5S. The number of carbonyl (C=O) groups is 2. The number of esters is 1. The molecule has 0 saturated carbocycles. The lowest BCUT2D eigenvalue weighted by atomic mass is 10.2. The molecule has 8 heteroatoms. The van der Waals surface area contributed by atoms with Crippen LogP contribution < -0.4 is 14.3 Å². The predicted octanol–water partition coefficient (Wildman–Crippen LogP) is 3.80. The van der Waals surface area contributed by atoms with Crippen LogP contribution in [0.5, 0.6) is 11.5 Å². The van der Waals surface area contributed by atoms with E-state index < -0.39 is 5.91 Å². The van der Waals surface area contributed by atoms with Gasteiger partial charge in [0.2, 0.25) is 0 Å². The smallest absolute Gasteiger partial charge is 0.326 e. The van der Waals surface area contributed by atoms with Crippen molar-refractivity contribution in [3.63, 3.8) is 0 Å². The monoisotopic (exact) mass is 428 g/mol. The molecule has 0 bridgehead atoms. The Bertz CT molecular complexity index is 1120. The number of hydrogen-bond acceptors (Lipinski definition) is 6. The van der Waals surface area contributed by atoms with Crippen molar-refractivity contribution in [3.8, 4) is 11.5 Å². The molecule has 158 valence electrons. The van der Waals surface area contributed by atoms with Gasteiger partial charge in [-0.05, 0) is 51.1 Å². The lowest BCUT2D eigenvalue weighted by Crippen LogP contribution is -2.23. The van der Waals surface area contributed by atoms with Crippen molar-refractivity contribution in [2.45, 2.75) is 27.3 Å². The van der Waals surface area contributed by atoms with E-state index in [0.717, 1.165) is 10.2 Å². The molecule has 30 heavy (non-hydrogen) atoms. The summed E-state index contributed by atoms with van der Waals surface area (Å²) in [4.78, 5) is 29.7. The molecule has 1 amide bonds. The van der Waals surface area contributed by atoms with Crippen LogP contribution in [-0.4, -0.2) is 36.3 Å². The first-order chi connectivity index (χ1) is 14.6. The van der Waals surface area contributed by atoms with Crippen LogP contribution in [0.1, 0.15) is 31.1 Å². The molecule has 2 aromatic carbocycles. The molecule has 0 aliphatic carbocycles. The normalized spacial score (nSPS) is 11.5. The third kappa shape index (κ3) is 4.88. The molecule has 3 rings (SSSR count). The van der Waals surface area contributed by atoms with E-state index >= 15 is 0 Å². The summed E-state index contributed by atoms with van der Waals surface area (Å²) in [6.07, 6.45) is 0. The Hall–Kier alpha value is -3.13. The third-order valence-electron chi connectivity index (χ3n) is 4.17. The van der Waals surface area contributed by atoms with Gasteiger partial charge in [-0.25, -0.2) is 0 Å². The van der Waals surface area contributed by atoms with E-state index in [-0.39, 0.29) is 12.5 Å². The van der Waals surface area contributed by atoms with Crippen molar-refractivity contribution in [1.82, 2.24) is 4.57 Å². The largest absolute Gasteiger partial charge is 0.490 e. The summed E-state index contributed by atoms with van der Waals surface area (Å²) in [5.74, 6) is 0.268. The summed E-state index contributed by atoms with van der Waals surface area (Å²) < 4.78 is 18.9. The highest BCUT2D eigenvalue weighted by molar-refractivity contribution is 7.16. The van der Waals surface area contributed by atoms with Gasteiger partial charge in [0.15, 0.2) is 16.3 Å². The molecular weight excluding hydrogens is 404 g/mol. The van der Waals surface area contributed by atoms with Crippen LogP contribution in [0.3, 0.4) is 0 Å². The molecule has 0 aliphatic rings. The van der Waals surface area contributed by atoms with E-state index in [4.69, 9.17) is 14.2 Å². The standard InChI is InChI=1S/C22H24N2O5S/c1-4-27-17-12-11-15(13-18(17)28-5-2)21(26)23-22-24(14-20(25)29-6-3)16-9-7-8-10-19(16)30-22/h7-13H,4-6,14H2,1-3H3. The summed E-state index contributed by atoms with van der Waals surface area (Å²) in [6, 6.07) is 12.6. The van der Waals surface area contributed by atoms with Crippen LogP contribution in [0.2, 0.25) is 0 Å². The second kappa shape index (κ2) is 10.1. The van der Waals surface area contributed by atoms with Crippen molar-refractivity contribution in [2.75, 3.05) is 19.8 Å². The SMILES string of the molecule is CCOC(=O)Cn1c(=NC(=O)c2ccc(OCC)c(OCC)c2)sc2ccccc21. The maximum absolute atomic E-state index is 12.9. The van der Waals surface area contributed by atoms with Crippen LogP contribution in [0.4, 0.5) is 0 Å². The summed E-state index contributed by atoms with van der Waals surface area (Å²) in [6.45, 7) is 6.72. The van der Waals surface area contributed by atoms with Gasteiger partial charge < -0.3 is 18.8 Å². The van der Waals surface area contributed by atoms with Crippen LogP contribution >= 0.6 is 11.3 Å². The van der Waals surface area contributed by atoms with Crippen molar-refractivity contribution in [1.29, 1.82) is 0 Å². The van der Waals surface area contributed by atoms with Gasteiger partial charge in [-0.15, -0.1) is 0 Å². The number of aromatic nitrogens is 1. The molecule has 0 unspecified atom stereocenters. The van der Waals surface area contributed by atoms with E-state index in [1.165, 1.54) is 11.3 Å². The Morgan fingerprint density at radius 1 is 0.967 bits per heavy atom. The lowest BCUT2D eigenvalue weighted by Gasteiger charge is -2.11. The molecule has 0 fully saturated rings. The zero-order valence-electron chi connectivity index (χ0n) is 17.2. The average Bonchev–Trinajstić information content (AvgIpc) is 3.06. The number of ether oxygens (including phenoxy) is 3. The zero-order chi connectivity index (χ0) is 21.5. The summed E-state index contributed by atoms with van der Waals surface area (Å²) in [5, 5.41) is 0. The first-order valence-corrected chi connectivity index (χ1v) is 10.6. The Balaban J connectivity index is 2.02. The van der Waals surface area contributed by atoms with E-state index in [2.05, 4.69) is 4.99 Å². The first-order valence-electron chi connectivity index (χ1n) is 9.80. The number of carbonyl (C=O) groups excluding carboxylic acids is 2. The highest BCUT2D eigenvalue weighted by atomic mass is 32.1. The fourth-order valence-corrected chi connectivity index (χ4v) is 3.96. The molecule has 1 heterocycles. The van der Waals surface area contributed by atoms with Crippen LogP contribution in [0.15, 0.2) is 47.5 Å². The number of rotatable bonds is 8. The maximum Gasteiger partial charge on any atom is 0.326 e. The molecule has 0 atom stereocenters. The molecule has 0 radical (unpaired) electrons. The number of hydrogen-bond donors (Lipinski definition) is 0. The number of amides is 1. The van der Waals surface area contributed by atoms with Gasteiger partial charge in [-0.1, -0.05) is 23.5 Å². The van der Waals surface area contributed by atoms with Crippen LogP contribution in [0, 0.1) is 0 Å². The van der Waals surface area contributed by atoms with Crippen molar-refractivity contribution < 1.29 is 23.8 Å². The fraction of sp³-hybridized carbons (Fsp3) is 0.318. The minimum atomic E-state index is -0.428. The third-order valence-corrected chi connectivity index (χ3v) is 5.23. The number of nitrogens with zero attached hydrogens (tertiary/aromatic N) is 2. The fourth-order valence-electron chi connectivity index (χ4n) is 2.93. The Morgan fingerprint density at radius 2 is 1.70 bits per heavy atom. The first kappa shape index (κ1) is 21.6. The average molecular weight is 429 g/mol. The number of para-hydroxylation sites is 1. The topological polar surface area (TPSA) is 79.1 Å². The number of benzene rings is 2. The predicted molar refractivity (Wildman–Crippen MR) is 115 cm³/mol. The van der Waals surface area contributed by atoms with Gasteiger partial charge in [0, 0.05) is 5.56 Å².